The van der Waals surface area contributed by atoms with Gasteiger partial charge in [-0.05, 0) is 19.1 Å². The van der Waals surface area contributed by atoms with E-state index in [9.17, 15) is 18.0 Å². The topological polar surface area (TPSA) is 73.6 Å². The molecule has 8 heteroatoms. The minimum Gasteiger partial charge on any atom is -0.493 e. The van der Waals surface area contributed by atoms with Crippen molar-refractivity contribution in [2.45, 2.75) is 13.1 Å². The zero-order chi connectivity index (χ0) is 15.9. The van der Waals surface area contributed by atoms with Gasteiger partial charge in [-0.2, -0.15) is 13.2 Å². The smallest absolute Gasteiger partial charge is 0.411 e. The molecule has 0 heterocycles. The molecular formula is C13H17F3N2O3. The summed E-state index contributed by atoms with van der Waals surface area (Å²) >= 11 is 0. The van der Waals surface area contributed by atoms with Gasteiger partial charge in [0.05, 0.1) is 13.2 Å². The summed E-state index contributed by atoms with van der Waals surface area (Å²) in [5.41, 5.74) is 6.11. The van der Waals surface area contributed by atoms with Gasteiger partial charge in [0.2, 0.25) is 0 Å². The summed E-state index contributed by atoms with van der Waals surface area (Å²) < 4.78 is 45.2. The molecule has 0 aliphatic heterocycles. The molecule has 0 saturated heterocycles. The third-order valence-electron chi connectivity index (χ3n) is 2.38. The molecule has 0 fully saturated rings. The Hall–Kier alpha value is -1.96. The fourth-order valence-corrected chi connectivity index (χ4v) is 1.58. The van der Waals surface area contributed by atoms with Gasteiger partial charge in [0.25, 0.3) is 5.91 Å². The van der Waals surface area contributed by atoms with Crippen LogP contribution in [0.2, 0.25) is 0 Å². The predicted molar refractivity (Wildman–Crippen MR) is 71.2 cm³/mol. The van der Waals surface area contributed by atoms with Gasteiger partial charge in [-0.25, -0.2) is 0 Å². The van der Waals surface area contributed by atoms with E-state index in [1.165, 1.54) is 6.07 Å². The van der Waals surface area contributed by atoms with E-state index in [1.54, 1.807) is 19.1 Å². The molecule has 1 amide bonds. The number of carbonyl (C=O) groups is 1. The summed E-state index contributed by atoms with van der Waals surface area (Å²) in [7, 11) is 0. The van der Waals surface area contributed by atoms with Crippen molar-refractivity contribution < 1.29 is 27.4 Å². The molecule has 21 heavy (non-hydrogen) atoms. The summed E-state index contributed by atoms with van der Waals surface area (Å²) in [6.45, 7) is 0.464. The second-order valence-electron chi connectivity index (χ2n) is 4.08. The lowest BCUT2D eigenvalue weighted by Gasteiger charge is -2.13. The first-order chi connectivity index (χ1) is 9.85. The Morgan fingerprint density at radius 1 is 1.38 bits per heavy atom. The molecule has 0 radical (unpaired) electrons. The fourth-order valence-electron chi connectivity index (χ4n) is 1.58. The van der Waals surface area contributed by atoms with E-state index in [4.69, 9.17) is 10.5 Å². The van der Waals surface area contributed by atoms with Crippen LogP contribution < -0.4 is 15.8 Å². The highest BCUT2D eigenvalue weighted by Crippen LogP contribution is 2.24. The van der Waals surface area contributed by atoms with Gasteiger partial charge < -0.3 is 20.5 Å². The molecule has 1 aromatic rings. The van der Waals surface area contributed by atoms with Crippen LogP contribution in [-0.4, -0.2) is 38.4 Å². The second kappa shape index (κ2) is 7.72. The minimum absolute atomic E-state index is 0.0607. The number of rotatable bonds is 7. The van der Waals surface area contributed by atoms with E-state index >= 15 is 0 Å². The van der Waals surface area contributed by atoms with Gasteiger partial charge >= 0.3 is 6.18 Å². The monoisotopic (exact) mass is 306 g/mol. The molecule has 0 unspecified atom stereocenters. The highest BCUT2D eigenvalue weighted by Gasteiger charge is 2.27. The summed E-state index contributed by atoms with van der Waals surface area (Å²) in [6.07, 6.45) is -4.38. The molecule has 0 saturated carbocycles. The van der Waals surface area contributed by atoms with Crippen molar-refractivity contribution in [1.29, 1.82) is 0 Å². The van der Waals surface area contributed by atoms with E-state index < -0.39 is 18.7 Å². The quantitative estimate of drug-likeness (QED) is 0.597. The molecule has 5 nitrogen and oxygen atoms in total. The molecule has 118 valence electrons. The van der Waals surface area contributed by atoms with Gasteiger partial charge in [0.1, 0.15) is 17.9 Å². The van der Waals surface area contributed by atoms with Crippen LogP contribution in [0.1, 0.15) is 17.3 Å². The first kappa shape index (κ1) is 17.1. The number of amides is 1. The highest BCUT2D eigenvalue weighted by atomic mass is 19.4. The molecule has 3 N–H and O–H groups in total. The molecule has 1 rings (SSSR count). The van der Waals surface area contributed by atoms with Crippen molar-refractivity contribution in [2.24, 2.45) is 0 Å². The van der Waals surface area contributed by atoms with Crippen LogP contribution in [0.5, 0.6) is 5.75 Å². The van der Waals surface area contributed by atoms with Crippen LogP contribution >= 0.6 is 0 Å². The van der Waals surface area contributed by atoms with Crippen molar-refractivity contribution in [3.8, 4) is 5.75 Å². The van der Waals surface area contributed by atoms with E-state index in [0.29, 0.717) is 12.4 Å². The van der Waals surface area contributed by atoms with Gasteiger partial charge in [0, 0.05) is 12.2 Å². The zero-order valence-corrected chi connectivity index (χ0v) is 11.5. The highest BCUT2D eigenvalue weighted by molar-refractivity contribution is 6.01. The number of hydrogen-bond acceptors (Lipinski definition) is 4. The Morgan fingerprint density at radius 3 is 2.71 bits per heavy atom. The summed E-state index contributed by atoms with van der Waals surface area (Å²) in [6, 6.07) is 4.77. The largest absolute Gasteiger partial charge is 0.493 e. The van der Waals surface area contributed by atoms with E-state index in [0.717, 1.165) is 0 Å². The maximum Gasteiger partial charge on any atom is 0.411 e. The van der Waals surface area contributed by atoms with Gasteiger partial charge in [-0.3, -0.25) is 4.79 Å². The molecule has 0 bridgehead atoms. The van der Waals surface area contributed by atoms with Crippen LogP contribution in [-0.2, 0) is 4.74 Å². The van der Waals surface area contributed by atoms with Crippen molar-refractivity contribution in [1.82, 2.24) is 5.32 Å². The number of alkyl halides is 3. The lowest BCUT2D eigenvalue weighted by Crippen LogP contribution is -2.29. The molecular weight excluding hydrogens is 289 g/mol. The van der Waals surface area contributed by atoms with Crippen molar-refractivity contribution in [3.63, 3.8) is 0 Å². The molecule has 0 spiro atoms. The number of carbonyl (C=O) groups excluding carboxylic acids is 1. The molecule has 0 aromatic heterocycles. The second-order valence-corrected chi connectivity index (χ2v) is 4.08. The SMILES string of the molecule is CCOc1cccc(N)c1C(=O)NCCOCC(F)(F)F. The average molecular weight is 306 g/mol. The number of nitrogens with two attached hydrogens (primary N) is 1. The summed E-state index contributed by atoms with van der Waals surface area (Å²) in [4.78, 5) is 12.0. The Balaban J connectivity index is 2.52. The lowest BCUT2D eigenvalue weighted by atomic mass is 10.1. The van der Waals surface area contributed by atoms with Crippen molar-refractivity contribution >= 4 is 11.6 Å². The Labute approximate surface area is 120 Å². The summed E-state index contributed by atoms with van der Waals surface area (Å²) in [5, 5.41) is 2.43. The molecule has 0 atom stereocenters. The lowest BCUT2D eigenvalue weighted by molar-refractivity contribution is -0.173. The number of nitrogen functional groups attached to an aromatic ring is 1. The third-order valence-corrected chi connectivity index (χ3v) is 2.38. The maximum atomic E-state index is 12.0. The van der Waals surface area contributed by atoms with Crippen LogP contribution in [0.3, 0.4) is 0 Å². The number of benzene rings is 1. The normalized spacial score (nSPS) is 11.2. The molecule has 0 aliphatic carbocycles. The standard InChI is InChI=1S/C13H17F3N2O3/c1-2-21-10-5-3-4-9(17)11(10)12(19)18-6-7-20-8-13(14,15)16/h3-5H,2,6-8,17H2,1H3,(H,18,19). The van der Waals surface area contributed by atoms with Gasteiger partial charge in [-0.15, -0.1) is 0 Å². The number of anilines is 1. The number of ether oxygens (including phenoxy) is 2. The van der Waals surface area contributed by atoms with E-state index in [2.05, 4.69) is 10.1 Å². The average Bonchev–Trinajstić information content (AvgIpc) is 2.37. The zero-order valence-electron chi connectivity index (χ0n) is 11.5. The minimum atomic E-state index is -4.38. The maximum absolute atomic E-state index is 12.0. The van der Waals surface area contributed by atoms with Gasteiger partial charge in [0.15, 0.2) is 0 Å². The van der Waals surface area contributed by atoms with Crippen LogP contribution in [0.25, 0.3) is 0 Å². The number of nitrogens with one attached hydrogen (secondary N) is 1. The van der Waals surface area contributed by atoms with Crippen LogP contribution in [0.15, 0.2) is 18.2 Å². The molecule has 1 aromatic carbocycles. The molecule has 0 aliphatic rings. The fraction of sp³-hybridized carbons (Fsp3) is 0.462. The Kier molecular flexibility index (Phi) is 6.29. The number of halogens is 3. The summed E-state index contributed by atoms with van der Waals surface area (Å²) in [5.74, 6) is -0.196. The first-order valence-electron chi connectivity index (χ1n) is 6.29. The van der Waals surface area contributed by atoms with E-state index in [1.807, 2.05) is 0 Å². The van der Waals surface area contributed by atoms with Crippen LogP contribution in [0, 0.1) is 0 Å². The Morgan fingerprint density at radius 2 is 2.10 bits per heavy atom. The number of hydrogen-bond donors (Lipinski definition) is 2. The van der Waals surface area contributed by atoms with Gasteiger partial charge in [-0.1, -0.05) is 6.07 Å². The predicted octanol–water partition coefficient (Wildman–Crippen LogP) is 1.98. The van der Waals surface area contributed by atoms with Crippen molar-refractivity contribution in [2.75, 3.05) is 32.1 Å². The van der Waals surface area contributed by atoms with Crippen molar-refractivity contribution in [3.05, 3.63) is 23.8 Å². The van der Waals surface area contributed by atoms with E-state index in [-0.39, 0.29) is 24.4 Å². The third kappa shape index (κ3) is 5.90. The van der Waals surface area contributed by atoms with Crippen LogP contribution in [0.4, 0.5) is 18.9 Å². The first-order valence-corrected chi connectivity index (χ1v) is 6.29. The Bertz CT molecular complexity index is 478.